The number of fused-ring (bicyclic) bond motifs is 1. The molecule has 0 bridgehead atoms. The number of morpholine rings is 1. The maximum Gasteiger partial charge on any atom is 0.248 e. The molecule has 2 saturated heterocycles. The topological polar surface area (TPSA) is 42.0 Å². The van der Waals surface area contributed by atoms with E-state index in [0.717, 1.165) is 38.2 Å². The standard InChI is InChI=1S/C27H36N2O3/c1-27(2,3)22-10-11-24(31-18-20-8-6-5-7-9-20)21(16-22)17-29-14-12-23-25(13-15-29)32-19-26(30)28(23)4/h5-11,16,23,25H,12-15,17-19H2,1-4H3/t23-,25-/m0/s1. The molecule has 2 fully saturated rings. The van der Waals surface area contributed by atoms with Crippen LogP contribution in [0.15, 0.2) is 48.5 Å². The molecule has 0 spiro atoms. The van der Waals surface area contributed by atoms with Gasteiger partial charge in [0.25, 0.3) is 0 Å². The second-order valence-corrected chi connectivity index (χ2v) is 10.1. The average molecular weight is 437 g/mol. The number of hydrogen-bond donors (Lipinski definition) is 0. The molecule has 2 aromatic rings. The molecule has 32 heavy (non-hydrogen) atoms. The lowest BCUT2D eigenvalue weighted by Gasteiger charge is -2.37. The number of likely N-dealkylation sites (N-methyl/N-ethyl adjacent to an activating group) is 1. The van der Waals surface area contributed by atoms with Gasteiger partial charge < -0.3 is 14.4 Å². The van der Waals surface area contributed by atoms with E-state index in [0.29, 0.717) is 6.61 Å². The predicted octanol–water partition coefficient (Wildman–Crippen LogP) is 4.38. The Morgan fingerprint density at radius 1 is 1.06 bits per heavy atom. The molecule has 0 aromatic heterocycles. The van der Waals surface area contributed by atoms with E-state index in [1.165, 1.54) is 16.7 Å². The van der Waals surface area contributed by atoms with Crippen molar-refractivity contribution >= 4 is 5.91 Å². The molecule has 2 heterocycles. The summed E-state index contributed by atoms with van der Waals surface area (Å²) in [4.78, 5) is 16.4. The largest absolute Gasteiger partial charge is 0.489 e. The highest BCUT2D eigenvalue weighted by molar-refractivity contribution is 5.78. The first-order valence-corrected chi connectivity index (χ1v) is 11.7. The van der Waals surface area contributed by atoms with Gasteiger partial charge in [-0.2, -0.15) is 0 Å². The minimum atomic E-state index is 0.0807. The summed E-state index contributed by atoms with van der Waals surface area (Å²) in [6.07, 6.45) is 2.02. The Balaban J connectivity index is 1.51. The highest BCUT2D eigenvalue weighted by Crippen LogP contribution is 2.31. The van der Waals surface area contributed by atoms with Gasteiger partial charge in [0.15, 0.2) is 0 Å². The van der Waals surface area contributed by atoms with Gasteiger partial charge in [0.05, 0.1) is 12.1 Å². The van der Waals surface area contributed by atoms with E-state index in [1.807, 2.05) is 30.1 Å². The molecule has 5 nitrogen and oxygen atoms in total. The average Bonchev–Trinajstić information content (AvgIpc) is 2.98. The Hall–Kier alpha value is -2.37. The van der Waals surface area contributed by atoms with E-state index in [4.69, 9.17) is 9.47 Å². The Morgan fingerprint density at radius 2 is 1.81 bits per heavy atom. The lowest BCUT2D eigenvalue weighted by Crippen LogP contribution is -2.52. The fourth-order valence-electron chi connectivity index (χ4n) is 4.66. The van der Waals surface area contributed by atoms with Crippen LogP contribution in [0.3, 0.4) is 0 Å². The number of likely N-dealkylation sites (tertiary alicyclic amines) is 1. The van der Waals surface area contributed by atoms with Crippen LogP contribution in [0.1, 0.15) is 50.3 Å². The summed E-state index contributed by atoms with van der Waals surface area (Å²) in [7, 11) is 1.92. The monoisotopic (exact) mass is 436 g/mol. The first-order chi connectivity index (χ1) is 15.3. The van der Waals surface area contributed by atoms with Gasteiger partial charge in [-0.3, -0.25) is 9.69 Å². The fraction of sp³-hybridized carbons (Fsp3) is 0.519. The maximum atomic E-state index is 12.1. The third-order valence-corrected chi connectivity index (χ3v) is 6.77. The van der Waals surface area contributed by atoms with Crippen molar-refractivity contribution in [2.24, 2.45) is 0 Å². The smallest absolute Gasteiger partial charge is 0.248 e. The molecule has 2 aliphatic heterocycles. The zero-order valence-electron chi connectivity index (χ0n) is 19.8. The molecule has 1 amide bonds. The van der Waals surface area contributed by atoms with Crippen LogP contribution in [0.5, 0.6) is 5.75 Å². The maximum absolute atomic E-state index is 12.1. The number of nitrogens with zero attached hydrogens (tertiary/aromatic N) is 2. The number of rotatable bonds is 5. The van der Waals surface area contributed by atoms with E-state index in [1.54, 1.807) is 0 Å². The van der Waals surface area contributed by atoms with Gasteiger partial charge in [-0.15, -0.1) is 0 Å². The van der Waals surface area contributed by atoms with Crippen molar-refractivity contribution in [3.63, 3.8) is 0 Å². The van der Waals surface area contributed by atoms with Crippen LogP contribution in [0.2, 0.25) is 0 Å². The summed E-state index contributed by atoms with van der Waals surface area (Å²) in [5.41, 5.74) is 3.79. The van der Waals surface area contributed by atoms with Gasteiger partial charge in [-0.05, 0) is 35.4 Å². The quantitative estimate of drug-likeness (QED) is 0.697. The minimum absolute atomic E-state index is 0.0807. The van der Waals surface area contributed by atoms with E-state index < -0.39 is 0 Å². The third-order valence-electron chi connectivity index (χ3n) is 6.77. The summed E-state index contributed by atoms with van der Waals surface area (Å²) in [5.74, 6) is 1.04. The molecular formula is C27H36N2O3. The fourth-order valence-corrected chi connectivity index (χ4v) is 4.66. The van der Waals surface area contributed by atoms with Gasteiger partial charge in [0.1, 0.15) is 19.0 Å². The summed E-state index contributed by atoms with van der Waals surface area (Å²) in [5, 5.41) is 0. The number of carbonyl (C=O) groups is 1. The van der Waals surface area contributed by atoms with Crippen molar-refractivity contribution in [1.82, 2.24) is 9.80 Å². The van der Waals surface area contributed by atoms with E-state index in [2.05, 4.69) is 56.0 Å². The SMILES string of the molecule is CN1C(=O)CO[C@H]2CCN(Cc3cc(C(C)(C)C)ccc3OCc3ccccc3)CC[C@@H]21. The molecule has 2 aromatic carbocycles. The normalized spacial score (nSPS) is 22.4. The molecular weight excluding hydrogens is 400 g/mol. The number of amides is 1. The summed E-state index contributed by atoms with van der Waals surface area (Å²) >= 11 is 0. The number of carbonyl (C=O) groups excluding carboxylic acids is 1. The van der Waals surface area contributed by atoms with Crippen molar-refractivity contribution in [3.8, 4) is 5.75 Å². The van der Waals surface area contributed by atoms with Crippen molar-refractivity contribution in [2.75, 3.05) is 26.7 Å². The van der Waals surface area contributed by atoms with Crippen LogP contribution in [0, 0.1) is 0 Å². The molecule has 4 rings (SSSR count). The summed E-state index contributed by atoms with van der Waals surface area (Å²) < 4.78 is 12.2. The van der Waals surface area contributed by atoms with E-state index in [9.17, 15) is 4.79 Å². The molecule has 2 aliphatic rings. The van der Waals surface area contributed by atoms with Crippen LogP contribution < -0.4 is 4.74 Å². The Kier molecular flexibility index (Phi) is 6.87. The molecule has 0 aliphatic carbocycles. The second-order valence-electron chi connectivity index (χ2n) is 10.1. The van der Waals surface area contributed by atoms with Gasteiger partial charge in [-0.25, -0.2) is 0 Å². The minimum Gasteiger partial charge on any atom is -0.489 e. The molecule has 0 radical (unpaired) electrons. The van der Waals surface area contributed by atoms with Gasteiger partial charge >= 0.3 is 0 Å². The van der Waals surface area contributed by atoms with Crippen LogP contribution in [0.25, 0.3) is 0 Å². The zero-order valence-corrected chi connectivity index (χ0v) is 19.8. The Bertz CT molecular complexity index is 922. The molecule has 172 valence electrons. The molecule has 2 atom stereocenters. The van der Waals surface area contributed by atoms with Crippen LogP contribution in [-0.2, 0) is 28.1 Å². The van der Waals surface area contributed by atoms with Crippen molar-refractivity contribution in [3.05, 3.63) is 65.2 Å². The highest BCUT2D eigenvalue weighted by atomic mass is 16.5. The van der Waals surface area contributed by atoms with Gasteiger partial charge in [0, 0.05) is 32.2 Å². The van der Waals surface area contributed by atoms with Gasteiger partial charge in [-0.1, -0.05) is 63.2 Å². The highest BCUT2D eigenvalue weighted by Gasteiger charge is 2.36. The first-order valence-electron chi connectivity index (χ1n) is 11.7. The first kappa shape index (κ1) is 22.8. The molecule has 0 unspecified atom stereocenters. The number of hydrogen-bond acceptors (Lipinski definition) is 4. The van der Waals surface area contributed by atoms with Gasteiger partial charge in [0.2, 0.25) is 5.91 Å². The number of benzene rings is 2. The molecule has 5 heteroatoms. The Morgan fingerprint density at radius 3 is 2.56 bits per heavy atom. The lowest BCUT2D eigenvalue weighted by molar-refractivity contribution is -0.154. The van der Waals surface area contributed by atoms with Crippen molar-refractivity contribution in [2.45, 2.75) is 64.3 Å². The molecule has 0 N–H and O–H groups in total. The van der Waals surface area contributed by atoms with Crippen LogP contribution in [-0.4, -0.2) is 54.6 Å². The van der Waals surface area contributed by atoms with Crippen molar-refractivity contribution in [1.29, 1.82) is 0 Å². The third kappa shape index (κ3) is 5.33. The zero-order chi connectivity index (χ0) is 22.7. The summed E-state index contributed by atoms with van der Waals surface area (Å²) in [6, 6.07) is 17.1. The summed E-state index contributed by atoms with van der Waals surface area (Å²) in [6.45, 7) is 10.3. The van der Waals surface area contributed by atoms with Crippen molar-refractivity contribution < 1.29 is 14.3 Å². The van der Waals surface area contributed by atoms with E-state index >= 15 is 0 Å². The second kappa shape index (κ2) is 9.63. The van der Waals surface area contributed by atoms with E-state index in [-0.39, 0.29) is 30.1 Å². The Labute approximate surface area is 192 Å². The predicted molar refractivity (Wildman–Crippen MR) is 127 cm³/mol. The lowest BCUT2D eigenvalue weighted by atomic mass is 9.86. The number of ether oxygens (including phenoxy) is 2. The van der Waals surface area contributed by atoms with Crippen LogP contribution >= 0.6 is 0 Å². The van der Waals surface area contributed by atoms with Crippen LogP contribution in [0.4, 0.5) is 0 Å². The molecule has 0 saturated carbocycles.